The summed E-state index contributed by atoms with van der Waals surface area (Å²) in [5.74, 6) is -0.334. The molecule has 0 aromatic heterocycles. The van der Waals surface area contributed by atoms with E-state index in [-0.39, 0.29) is 5.92 Å². The molecule has 1 N–H and O–H groups in total. The Labute approximate surface area is 141 Å². The number of aliphatic carboxylic acids is 1. The molecule has 5 rings (SSSR count). The van der Waals surface area contributed by atoms with Gasteiger partial charge >= 0.3 is 5.97 Å². The number of para-hydroxylation sites is 1. The van der Waals surface area contributed by atoms with Crippen molar-refractivity contribution in [2.75, 3.05) is 6.26 Å². The molecule has 4 aliphatic rings. The molecular formula is C18H22O5S. The predicted octanol–water partition coefficient (Wildman–Crippen LogP) is 2.51. The predicted molar refractivity (Wildman–Crippen MR) is 88.6 cm³/mol. The number of sulfone groups is 1. The Morgan fingerprint density at radius 2 is 1.71 bits per heavy atom. The second-order valence-corrected chi connectivity index (χ2v) is 9.95. The number of hydrogen-bond acceptors (Lipinski definition) is 4. The van der Waals surface area contributed by atoms with E-state index in [1.807, 2.05) is 18.2 Å². The van der Waals surface area contributed by atoms with Crippen molar-refractivity contribution >= 4 is 15.8 Å². The van der Waals surface area contributed by atoms with Crippen LogP contribution in [0.15, 0.2) is 30.3 Å². The molecule has 3 atom stereocenters. The lowest BCUT2D eigenvalue weighted by Crippen LogP contribution is -2.76. The fraction of sp³-hybridized carbons (Fsp3) is 0.611. The van der Waals surface area contributed by atoms with Gasteiger partial charge in [-0.2, -0.15) is 0 Å². The first-order valence-electron chi connectivity index (χ1n) is 8.45. The Morgan fingerprint density at radius 1 is 1.12 bits per heavy atom. The van der Waals surface area contributed by atoms with Gasteiger partial charge < -0.3 is 9.84 Å². The van der Waals surface area contributed by atoms with Crippen LogP contribution in [-0.4, -0.2) is 36.1 Å². The van der Waals surface area contributed by atoms with E-state index in [4.69, 9.17) is 4.74 Å². The number of carboxylic acid groups (broad SMARTS) is 1. The van der Waals surface area contributed by atoms with E-state index in [0.717, 1.165) is 12.7 Å². The van der Waals surface area contributed by atoms with Crippen molar-refractivity contribution in [3.63, 3.8) is 0 Å². The summed E-state index contributed by atoms with van der Waals surface area (Å²) in [5.41, 5.74) is -1.16. The molecular weight excluding hydrogens is 328 g/mol. The van der Waals surface area contributed by atoms with Crippen LogP contribution in [0.4, 0.5) is 0 Å². The second kappa shape index (κ2) is 4.97. The summed E-state index contributed by atoms with van der Waals surface area (Å²) < 4.78 is 30.1. The third-order valence-corrected chi connectivity index (χ3v) is 8.40. The zero-order chi connectivity index (χ0) is 17.2. The molecule has 4 fully saturated rings. The molecule has 4 bridgehead atoms. The molecule has 0 aliphatic heterocycles. The van der Waals surface area contributed by atoms with Gasteiger partial charge in [-0.25, -0.2) is 8.42 Å². The van der Waals surface area contributed by atoms with Crippen LogP contribution in [-0.2, 0) is 14.6 Å². The van der Waals surface area contributed by atoms with Crippen LogP contribution in [0.5, 0.6) is 5.75 Å². The van der Waals surface area contributed by atoms with Crippen molar-refractivity contribution in [1.29, 1.82) is 0 Å². The van der Waals surface area contributed by atoms with Crippen LogP contribution >= 0.6 is 0 Å². The lowest BCUT2D eigenvalue weighted by Gasteiger charge is -2.63. The largest absolute Gasteiger partial charge is 0.485 e. The molecule has 3 unspecified atom stereocenters. The van der Waals surface area contributed by atoms with Crippen molar-refractivity contribution in [3.05, 3.63) is 30.3 Å². The molecule has 0 amide bonds. The van der Waals surface area contributed by atoms with Crippen LogP contribution in [0.25, 0.3) is 0 Å². The first-order chi connectivity index (χ1) is 11.3. The smallest absolute Gasteiger partial charge is 0.329 e. The minimum atomic E-state index is -3.85. The minimum absolute atomic E-state index is 0.361. The van der Waals surface area contributed by atoms with E-state index in [2.05, 4.69) is 0 Å². The summed E-state index contributed by atoms with van der Waals surface area (Å²) in [6, 6.07) is 9.03. The number of carbonyl (C=O) groups is 1. The second-order valence-electron chi connectivity index (χ2n) is 7.77. The third kappa shape index (κ3) is 1.92. The summed E-state index contributed by atoms with van der Waals surface area (Å²) >= 11 is 0. The van der Waals surface area contributed by atoms with Crippen LogP contribution in [0.3, 0.4) is 0 Å². The molecule has 1 aromatic rings. The van der Waals surface area contributed by atoms with Crippen molar-refractivity contribution in [2.24, 2.45) is 17.8 Å². The number of rotatable bonds is 4. The molecule has 4 aliphatic carbocycles. The Hall–Kier alpha value is -1.56. The Kier molecular flexibility index (Phi) is 3.30. The highest BCUT2D eigenvalue weighted by Crippen LogP contribution is 2.64. The van der Waals surface area contributed by atoms with Gasteiger partial charge in [0, 0.05) is 6.26 Å². The Balaban J connectivity index is 1.91. The standard InChI is InChI=1S/C18H22O5S/c1-24(21,22)18(16(19)20)14-8-12-7-13(9-14)11-17(18,10-12)23-15-5-3-2-4-6-15/h2-6,12-14H,7-11H2,1H3,(H,19,20). The van der Waals surface area contributed by atoms with Gasteiger partial charge in [0.15, 0.2) is 9.84 Å². The SMILES string of the molecule is CS(=O)(=O)C1(C(=O)O)C2CC3CC(C2)CC1(Oc1ccccc1)C3. The quantitative estimate of drug-likeness (QED) is 0.902. The van der Waals surface area contributed by atoms with Crippen molar-refractivity contribution < 1.29 is 23.1 Å². The van der Waals surface area contributed by atoms with Crippen molar-refractivity contribution in [3.8, 4) is 5.75 Å². The number of carboxylic acids is 1. The van der Waals surface area contributed by atoms with Gasteiger partial charge in [-0.15, -0.1) is 0 Å². The normalized spacial score (nSPS) is 40.5. The average Bonchev–Trinajstić information content (AvgIpc) is 2.45. The van der Waals surface area contributed by atoms with Gasteiger partial charge in [0.2, 0.25) is 4.75 Å². The molecule has 0 saturated heterocycles. The lowest BCUT2D eigenvalue weighted by atomic mass is 9.49. The molecule has 130 valence electrons. The first kappa shape index (κ1) is 15.9. The summed E-state index contributed by atoms with van der Waals surface area (Å²) in [6.07, 6.45) is 4.50. The van der Waals surface area contributed by atoms with Crippen LogP contribution in [0, 0.1) is 17.8 Å². The Bertz CT molecular complexity index is 758. The maximum atomic E-state index is 12.8. The average molecular weight is 350 g/mol. The molecule has 1 aromatic carbocycles. The van der Waals surface area contributed by atoms with E-state index in [0.29, 0.717) is 43.3 Å². The third-order valence-electron chi connectivity index (χ3n) is 6.35. The van der Waals surface area contributed by atoms with Gasteiger partial charge in [0.1, 0.15) is 11.4 Å². The molecule has 5 nitrogen and oxygen atoms in total. The van der Waals surface area contributed by atoms with Crippen LogP contribution in [0.2, 0.25) is 0 Å². The highest BCUT2D eigenvalue weighted by Gasteiger charge is 2.76. The summed E-state index contributed by atoms with van der Waals surface area (Å²) in [5, 5.41) is 10.1. The number of hydrogen-bond donors (Lipinski definition) is 1. The summed E-state index contributed by atoms with van der Waals surface area (Å²) in [6.45, 7) is 0. The lowest BCUT2D eigenvalue weighted by molar-refractivity contribution is -0.176. The van der Waals surface area contributed by atoms with E-state index >= 15 is 0 Å². The monoisotopic (exact) mass is 350 g/mol. The van der Waals surface area contributed by atoms with Gasteiger partial charge in [0.05, 0.1) is 0 Å². The fourth-order valence-electron chi connectivity index (χ4n) is 5.96. The van der Waals surface area contributed by atoms with Gasteiger partial charge in [-0.3, -0.25) is 4.79 Å². The van der Waals surface area contributed by atoms with E-state index in [1.165, 1.54) is 0 Å². The van der Waals surface area contributed by atoms with Crippen molar-refractivity contribution in [2.45, 2.75) is 42.5 Å². The van der Waals surface area contributed by atoms with Crippen molar-refractivity contribution in [1.82, 2.24) is 0 Å². The zero-order valence-corrected chi connectivity index (χ0v) is 14.5. The van der Waals surface area contributed by atoms with Gasteiger partial charge in [0.25, 0.3) is 0 Å². The summed E-state index contributed by atoms with van der Waals surface area (Å²) in [4.78, 5) is 12.4. The fourth-order valence-corrected chi connectivity index (χ4v) is 7.96. The minimum Gasteiger partial charge on any atom is -0.485 e. The molecule has 0 radical (unpaired) electrons. The highest BCUT2D eigenvalue weighted by atomic mass is 32.2. The molecule has 24 heavy (non-hydrogen) atoms. The number of ether oxygens (including phenoxy) is 1. The van der Waals surface area contributed by atoms with E-state index in [9.17, 15) is 18.3 Å². The number of benzene rings is 1. The van der Waals surface area contributed by atoms with Gasteiger partial charge in [-0.1, -0.05) is 18.2 Å². The molecule has 0 heterocycles. The Morgan fingerprint density at radius 3 is 2.21 bits per heavy atom. The maximum absolute atomic E-state index is 12.8. The van der Waals surface area contributed by atoms with Gasteiger partial charge in [-0.05, 0) is 62.0 Å². The zero-order valence-electron chi connectivity index (χ0n) is 13.6. The van der Waals surface area contributed by atoms with E-state index in [1.54, 1.807) is 12.1 Å². The topological polar surface area (TPSA) is 80.7 Å². The highest BCUT2D eigenvalue weighted by molar-refractivity contribution is 7.93. The van der Waals surface area contributed by atoms with E-state index < -0.39 is 26.2 Å². The molecule has 0 spiro atoms. The maximum Gasteiger partial charge on any atom is 0.329 e. The first-order valence-corrected chi connectivity index (χ1v) is 10.3. The molecule has 4 saturated carbocycles. The van der Waals surface area contributed by atoms with Crippen LogP contribution in [0.1, 0.15) is 32.1 Å². The summed E-state index contributed by atoms with van der Waals surface area (Å²) in [7, 11) is -3.85. The van der Waals surface area contributed by atoms with Crippen LogP contribution < -0.4 is 4.74 Å². The molecule has 6 heteroatoms.